The molecule has 1 aromatic carbocycles. The highest BCUT2D eigenvalue weighted by Gasteiger charge is 2.27. The number of sulfonamides is 1. The highest BCUT2D eigenvalue weighted by Crippen LogP contribution is 2.24. The summed E-state index contributed by atoms with van der Waals surface area (Å²) in [6.07, 6.45) is 4.16. The summed E-state index contributed by atoms with van der Waals surface area (Å²) in [5.41, 5.74) is 2.66. The zero-order chi connectivity index (χ0) is 15.3. The predicted molar refractivity (Wildman–Crippen MR) is 88.3 cm³/mol. The van der Waals surface area contributed by atoms with E-state index in [1.54, 1.807) is 4.31 Å². The Balaban J connectivity index is 1.78. The van der Waals surface area contributed by atoms with Gasteiger partial charge in [0.05, 0.1) is 5.75 Å². The van der Waals surface area contributed by atoms with Crippen molar-refractivity contribution in [2.24, 2.45) is 5.92 Å². The van der Waals surface area contributed by atoms with Crippen molar-refractivity contribution in [3.05, 3.63) is 35.4 Å². The Morgan fingerprint density at radius 1 is 1.19 bits per heavy atom. The zero-order valence-corrected chi connectivity index (χ0v) is 14.2. The SMILES string of the molecule is Cc1ccc(CCC2CCN(S(=O)(=O)CCCl)CC2)cc1. The third kappa shape index (κ3) is 4.97. The van der Waals surface area contributed by atoms with E-state index in [0.717, 1.165) is 25.7 Å². The second-order valence-corrected chi connectivity index (χ2v) is 8.34. The Bertz CT molecular complexity index is 534. The van der Waals surface area contributed by atoms with Gasteiger partial charge in [0.25, 0.3) is 0 Å². The highest BCUT2D eigenvalue weighted by atomic mass is 35.5. The van der Waals surface area contributed by atoms with E-state index in [0.29, 0.717) is 19.0 Å². The minimum Gasteiger partial charge on any atom is -0.212 e. The zero-order valence-electron chi connectivity index (χ0n) is 12.6. The second-order valence-electron chi connectivity index (χ2n) is 5.87. The van der Waals surface area contributed by atoms with Crippen LogP contribution >= 0.6 is 11.6 Å². The summed E-state index contributed by atoms with van der Waals surface area (Å²) in [5.74, 6) is 0.868. The number of rotatable bonds is 6. The van der Waals surface area contributed by atoms with Crippen LogP contribution in [-0.2, 0) is 16.4 Å². The van der Waals surface area contributed by atoms with Crippen LogP contribution in [0.2, 0.25) is 0 Å². The maximum atomic E-state index is 11.9. The van der Waals surface area contributed by atoms with Crippen LogP contribution < -0.4 is 0 Å². The Morgan fingerprint density at radius 3 is 2.38 bits per heavy atom. The lowest BCUT2D eigenvalue weighted by atomic mass is 9.91. The van der Waals surface area contributed by atoms with Gasteiger partial charge >= 0.3 is 0 Å². The van der Waals surface area contributed by atoms with Gasteiger partial charge in [-0.1, -0.05) is 29.8 Å². The first-order valence-electron chi connectivity index (χ1n) is 7.60. The number of benzene rings is 1. The van der Waals surface area contributed by atoms with Gasteiger partial charge in [0, 0.05) is 19.0 Å². The lowest BCUT2D eigenvalue weighted by molar-refractivity contribution is 0.264. The van der Waals surface area contributed by atoms with Gasteiger partial charge in [0.1, 0.15) is 0 Å². The molecule has 0 spiro atoms. The maximum absolute atomic E-state index is 11.9. The molecule has 0 aliphatic carbocycles. The van der Waals surface area contributed by atoms with Gasteiger partial charge in [-0.3, -0.25) is 0 Å². The molecule has 118 valence electrons. The van der Waals surface area contributed by atoms with Gasteiger partial charge in [-0.2, -0.15) is 0 Å². The highest BCUT2D eigenvalue weighted by molar-refractivity contribution is 7.89. The molecule has 1 aromatic rings. The lowest BCUT2D eigenvalue weighted by Crippen LogP contribution is -2.40. The summed E-state index contributed by atoms with van der Waals surface area (Å²) in [6.45, 7) is 3.40. The number of nitrogens with zero attached hydrogens (tertiary/aromatic N) is 1. The van der Waals surface area contributed by atoms with Crippen LogP contribution in [0, 0.1) is 12.8 Å². The Kier molecular flexibility index (Phi) is 6.08. The van der Waals surface area contributed by atoms with E-state index in [4.69, 9.17) is 11.6 Å². The predicted octanol–water partition coefficient (Wildman–Crippen LogP) is 3.21. The van der Waals surface area contributed by atoms with Crippen LogP contribution in [0.3, 0.4) is 0 Å². The molecule has 0 saturated carbocycles. The molecule has 0 atom stereocenters. The number of alkyl halides is 1. The van der Waals surface area contributed by atoms with Gasteiger partial charge in [-0.15, -0.1) is 11.6 Å². The van der Waals surface area contributed by atoms with E-state index in [9.17, 15) is 8.42 Å². The van der Waals surface area contributed by atoms with Gasteiger partial charge in [-0.25, -0.2) is 12.7 Å². The van der Waals surface area contributed by atoms with Crippen molar-refractivity contribution in [3.63, 3.8) is 0 Å². The van der Waals surface area contributed by atoms with Gasteiger partial charge < -0.3 is 0 Å². The van der Waals surface area contributed by atoms with Crippen LogP contribution in [0.5, 0.6) is 0 Å². The van der Waals surface area contributed by atoms with Crippen molar-refractivity contribution in [1.29, 1.82) is 0 Å². The van der Waals surface area contributed by atoms with Crippen molar-refractivity contribution in [2.45, 2.75) is 32.6 Å². The fourth-order valence-electron chi connectivity index (χ4n) is 2.83. The average Bonchev–Trinajstić information content (AvgIpc) is 2.47. The molecule has 0 unspecified atom stereocenters. The third-order valence-corrected chi connectivity index (χ3v) is 6.55. The topological polar surface area (TPSA) is 37.4 Å². The smallest absolute Gasteiger partial charge is 0.212 e. The molecular formula is C16H24ClNO2S. The van der Waals surface area contributed by atoms with Gasteiger partial charge in [-0.05, 0) is 44.1 Å². The molecule has 2 rings (SSSR count). The minimum atomic E-state index is -3.13. The molecule has 1 fully saturated rings. The molecule has 1 aliphatic rings. The van der Waals surface area contributed by atoms with E-state index in [1.807, 2.05) is 0 Å². The van der Waals surface area contributed by atoms with Crippen LogP contribution in [0.4, 0.5) is 0 Å². The normalized spacial score (nSPS) is 18.0. The summed E-state index contributed by atoms with van der Waals surface area (Å²) >= 11 is 5.56. The summed E-state index contributed by atoms with van der Waals surface area (Å²) < 4.78 is 25.5. The first kappa shape index (κ1) is 16.8. The molecule has 1 aliphatic heterocycles. The van der Waals surface area contributed by atoms with Crippen LogP contribution in [-0.4, -0.2) is 37.4 Å². The van der Waals surface area contributed by atoms with E-state index in [-0.39, 0.29) is 11.6 Å². The largest absolute Gasteiger partial charge is 0.215 e. The standard InChI is InChI=1S/C16H24ClNO2S/c1-14-2-4-15(5-3-14)6-7-16-8-11-18(12-9-16)21(19,20)13-10-17/h2-5,16H,6-13H2,1H3. The maximum Gasteiger partial charge on any atom is 0.215 e. The fourth-order valence-corrected chi connectivity index (χ4v) is 4.63. The number of halogens is 1. The number of hydrogen-bond donors (Lipinski definition) is 0. The third-order valence-electron chi connectivity index (χ3n) is 4.26. The lowest BCUT2D eigenvalue weighted by Gasteiger charge is -2.31. The average molecular weight is 330 g/mol. The van der Waals surface area contributed by atoms with Crippen molar-refractivity contribution < 1.29 is 8.42 Å². The molecule has 1 heterocycles. The Labute approximate surface area is 133 Å². The molecule has 0 aromatic heterocycles. The number of aryl methyl sites for hydroxylation is 2. The molecule has 5 heteroatoms. The quantitative estimate of drug-likeness (QED) is 0.751. The van der Waals surface area contributed by atoms with Crippen molar-refractivity contribution in [1.82, 2.24) is 4.31 Å². The molecule has 0 amide bonds. The van der Waals surface area contributed by atoms with E-state index in [1.165, 1.54) is 11.1 Å². The van der Waals surface area contributed by atoms with Crippen LogP contribution in [0.1, 0.15) is 30.4 Å². The molecule has 3 nitrogen and oxygen atoms in total. The summed E-state index contributed by atoms with van der Waals surface area (Å²) in [5, 5.41) is 0. The number of hydrogen-bond acceptors (Lipinski definition) is 2. The molecule has 0 radical (unpaired) electrons. The summed E-state index contributed by atoms with van der Waals surface area (Å²) in [4.78, 5) is 0. The van der Waals surface area contributed by atoms with Crippen molar-refractivity contribution in [2.75, 3.05) is 24.7 Å². The molecule has 0 bridgehead atoms. The van der Waals surface area contributed by atoms with Gasteiger partial charge in [0.2, 0.25) is 10.0 Å². The summed E-state index contributed by atoms with van der Waals surface area (Å²) in [7, 11) is -3.13. The fraction of sp³-hybridized carbons (Fsp3) is 0.625. The molecular weight excluding hydrogens is 306 g/mol. The van der Waals surface area contributed by atoms with E-state index < -0.39 is 10.0 Å². The van der Waals surface area contributed by atoms with Gasteiger partial charge in [0.15, 0.2) is 0 Å². The van der Waals surface area contributed by atoms with Crippen LogP contribution in [0.25, 0.3) is 0 Å². The van der Waals surface area contributed by atoms with Crippen molar-refractivity contribution in [3.8, 4) is 0 Å². The van der Waals surface area contributed by atoms with E-state index >= 15 is 0 Å². The first-order chi connectivity index (χ1) is 10.0. The Hall–Kier alpha value is -0.580. The second kappa shape index (κ2) is 7.61. The van der Waals surface area contributed by atoms with Crippen molar-refractivity contribution >= 4 is 21.6 Å². The number of piperidine rings is 1. The Morgan fingerprint density at radius 2 is 1.81 bits per heavy atom. The summed E-state index contributed by atoms with van der Waals surface area (Å²) in [6, 6.07) is 8.68. The molecule has 0 N–H and O–H groups in total. The molecule has 21 heavy (non-hydrogen) atoms. The minimum absolute atomic E-state index is 0.0581. The van der Waals surface area contributed by atoms with Crippen LogP contribution in [0.15, 0.2) is 24.3 Å². The molecule has 1 saturated heterocycles. The monoisotopic (exact) mass is 329 g/mol. The van der Waals surface area contributed by atoms with E-state index in [2.05, 4.69) is 31.2 Å². The first-order valence-corrected chi connectivity index (χ1v) is 9.75.